The molecule has 4 N–H and O–H groups in total. The zero-order chi connectivity index (χ0) is 30.2. The zero-order valence-corrected chi connectivity index (χ0v) is 24.5. The number of aromatic amines is 1. The van der Waals surface area contributed by atoms with E-state index in [9.17, 15) is 14.4 Å². The number of carbonyl (C=O) groups is 2. The summed E-state index contributed by atoms with van der Waals surface area (Å²) in [6, 6.07) is 16.6. The molecule has 1 aromatic heterocycles. The van der Waals surface area contributed by atoms with Gasteiger partial charge < -0.3 is 25.3 Å². The molecule has 12 nitrogen and oxygen atoms in total. The molecule has 0 aliphatic rings. The first-order valence-electron chi connectivity index (χ1n) is 14.2. The van der Waals surface area contributed by atoms with Gasteiger partial charge in [-0.2, -0.15) is 15.2 Å². The molecule has 0 bridgehead atoms. The fraction of sp³-hybridized carbons (Fsp3) is 0.400. The number of nitrogens with zero attached hydrogens (tertiary/aromatic N) is 4. The summed E-state index contributed by atoms with van der Waals surface area (Å²) < 4.78 is 5.34. The van der Waals surface area contributed by atoms with E-state index in [0.717, 1.165) is 49.3 Å². The highest BCUT2D eigenvalue weighted by Gasteiger charge is 2.07. The number of ether oxygens (including phenoxy) is 1. The van der Waals surface area contributed by atoms with Crippen LogP contribution >= 0.6 is 0 Å². The van der Waals surface area contributed by atoms with Crippen LogP contribution in [0, 0.1) is 13.8 Å². The Balaban J connectivity index is 1.23. The number of nitrogens with one attached hydrogen (secondary N) is 4. The van der Waals surface area contributed by atoms with Crippen LogP contribution in [0.25, 0.3) is 0 Å². The highest BCUT2D eigenvalue weighted by molar-refractivity contribution is 5.87. The molecule has 0 unspecified atom stereocenters. The summed E-state index contributed by atoms with van der Waals surface area (Å²) in [5, 5.41) is 16.6. The summed E-state index contributed by atoms with van der Waals surface area (Å²) in [4.78, 5) is 44.0. The fourth-order valence-corrected chi connectivity index (χ4v) is 4.01. The van der Waals surface area contributed by atoms with E-state index >= 15 is 0 Å². The van der Waals surface area contributed by atoms with Crippen LogP contribution in [0.4, 0.5) is 32.6 Å². The summed E-state index contributed by atoms with van der Waals surface area (Å²) in [7, 11) is 0. The number of unbranched alkanes of at least 4 members (excludes halogenated alkanes) is 3. The number of aryl methyl sites for hydroxylation is 2. The molecule has 0 atom stereocenters. The molecule has 42 heavy (non-hydrogen) atoms. The van der Waals surface area contributed by atoms with Gasteiger partial charge in [0.15, 0.2) is 0 Å². The van der Waals surface area contributed by atoms with E-state index in [1.807, 2.05) is 55.5 Å². The Kier molecular flexibility index (Phi) is 13.0. The Morgan fingerprint density at radius 3 is 2.14 bits per heavy atom. The van der Waals surface area contributed by atoms with E-state index < -0.39 is 17.7 Å². The molecule has 3 rings (SSSR count). The Morgan fingerprint density at radius 1 is 0.905 bits per heavy atom. The molecule has 0 fully saturated rings. The Bertz CT molecular complexity index is 1360. The zero-order valence-electron chi connectivity index (χ0n) is 24.5. The number of amides is 3. The van der Waals surface area contributed by atoms with Gasteiger partial charge in [0, 0.05) is 37.1 Å². The summed E-state index contributed by atoms with van der Waals surface area (Å²) >= 11 is 0. The van der Waals surface area contributed by atoms with Crippen molar-refractivity contribution in [3.05, 3.63) is 76.2 Å². The number of anilines is 2. The van der Waals surface area contributed by atoms with Crippen molar-refractivity contribution in [2.45, 2.75) is 46.5 Å². The van der Waals surface area contributed by atoms with Crippen LogP contribution in [0.5, 0.6) is 0 Å². The molecular formula is C30H40N8O4. The van der Waals surface area contributed by atoms with Gasteiger partial charge in [-0.25, -0.2) is 9.59 Å². The number of rotatable bonds is 15. The number of hydrogen-bond acceptors (Lipinski definition) is 8. The third kappa shape index (κ3) is 11.8. The van der Waals surface area contributed by atoms with Crippen LogP contribution < -0.4 is 26.4 Å². The summed E-state index contributed by atoms with van der Waals surface area (Å²) in [6.45, 7) is 8.43. The van der Waals surface area contributed by atoms with Gasteiger partial charge in [-0.1, -0.05) is 30.5 Å². The predicted molar refractivity (Wildman–Crippen MR) is 164 cm³/mol. The third-order valence-corrected chi connectivity index (χ3v) is 6.27. The SMILES string of the molecule is CCN(CCOC(=O)NCCCCCCNC(=O)Nc1nc(=O)cc(C)[nH]1)c1ccc(/N=N/c2ccc(C)cc2)cc1. The van der Waals surface area contributed by atoms with Gasteiger partial charge in [-0.15, -0.1) is 0 Å². The van der Waals surface area contributed by atoms with Crippen LogP contribution in [-0.4, -0.2) is 54.9 Å². The van der Waals surface area contributed by atoms with Crippen LogP contribution in [0.3, 0.4) is 0 Å². The van der Waals surface area contributed by atoms with Crippen molar-refractivity contribution in [2.24, 2.45) is 10.2 Å². The van der Waals surface area contributed by atoms with Gasteiger partial charge in [0.25, 0.3) is 5.56 Å². The van der Waals surface area contributed by atoms with Gasteiger partial charge in [-0.05, 0) is 70.0 Å². The number of hydrogen-bond donors (Lipinski definition) is 4. The summed E-state index contributed by atoms with van der Waals surface area (Å²) in [6.07, 6.45) is 2.97. The Labute approximate surface area is 246 Å². The molecule has 0 aliphatic carbocycles. The Morgan fingerprint density at radius 2 is 1.52 bits per heavy atom. The van der Waals surface area contributed by atoms with Gasteiger partial charge in [-0.3, -0.25) is 10.1 Å². The lowest BCUT2D eigenvalue weighted by Crippen LogP contribution is -2.31. The standard InChI is InChI=1S/C30H40N8O4/c1-4-38(26-15-13-25(14-16-26)37-36-24-11-9-22(2)10-12-24)19-20-42-30(41)32-18-8-6-5-7-17-31-29(40)35-28-33-23(3)21-27(39)34-28/h9-16,21H,4-8,17-20H2,1-3H3,(H,32,41)(H3,31,33,34,35,39,40)/b37-36+. The number of aromatic nitrogens is 2. The monoisotopic (exact) mass is 576 g/mol. The van der Waals surface area contributed by atoms with Crippen molar-refractivity contribution >= 4 is 35.1 Å². The van der Waals surface area contributed by atoms with E-state index in [2.05, 4.69) is 48.0 Å². The average molecular weight is 577 g/mol. The van der Waals surface area contributed by atoms with Crippen LogP contribution in [0.1, 0.15) is 43.9 Å². The van der Waals surface area contributed by atoms with Crippen molar-refractivity contribution in [3.63, 3.8) is 0 Å². The summed E-state index contributed by atoms with van der Waals surface area (Å²) in [5.74, 6) is 0.115. The molecule has 224 valence electrons. The maximum absolute atomic E-state index is 12.0. The van der Waals surface area contributed by atoms with Crippen molar-refractivity contribution < 1.29 is 14.3 Å². The minimum Gasteiger partial charge on any atom is -0.448 e. The van der Waals surface area contributed by atoms with Gasteiger partial charge in [0.2, 0.25) is 5.95 Å². The Hall–Kier alpha value is -4.74. The number of benzene rings is 2. The second-order valence-electron chi connectivity index (χ2n) is 9.74. The second kappa shape index (κ2) is 17.2. The fourth-order valence-electron chi connectivity index (χ4n) is 4.01. The van der Waals surface area contributed by atoms with Gasteiger partial charge in [0.1, 0.15) is 6.61 Å². The van der Waals surface area contributed by atoms with E-state index in [-0.39, 0.29) is 12.6 Å². The van der Waals surface area contributed by atoms with Crippen LogP contribution in [0.15, 0.2) is 69.6 Å². The number of H-pyrrole nitrogens is 1. The topological polar surface area (TPSA) is 153 Å². The molecule has 0 spiro atoms. The maximum Gasteiger partial charge on any atom is 0.407 e. The van der Waals surface area contributed by atoms with Crippen LogP contribution in [-0.2, 0) is 4.74 Å². The van der Waals surface area contributed by atoms with Crippen molar-refractivity contribution in [1.82, 2.24) is 20.6 Å². The molecule has 0 radical (unpaired) electrons. The number of azo groups is 1. The third-order valence-electron chi connectivity index (χ3n) is 6.27. The maximum atomic E-state index is 12.0. The highest BCUT2D eigenvalue weighted by Crippen LogP contribution is 2.22. The lowest BCUT2D eigenvalue weighted by atomic mass is 10.2. The molecule has 2 aromatic carbocycles. The first-order chi connectivity index (χ1) is 20.3. The second-order valence-corrected chi connectivity index (χ2v) is 9.74. The molecule has 12 heteroatoms. The van der Waals surface area contributed by atoms with Crippen molar-refractivity contribution in [2.75, 3.05) is 43.0 Å². The predicted octanol–water partition coefficient (Wildman–Crippen LogP) is 5.74. The molecule has 0 aliphatic heterocycles. The number of carbonyl (C=O) groups excluding carboxylic acids is 2. The van der Waals surface area contributed by atoms with E-state index in [4.69, 9.17) is 4.74 Å². The quantitative estimate of drug-likeness (QED) is 0.134. The minimum absolute atomic E-state index is 0.115. The lowest BCUT2D eigenvalue weighted by Gasteiger charge is -2.23. The normalized spacial score (nSPS) is 10.8. The number of alkyl carbamates (subject to hydrolysis) is 1. The smallest absolute Gasteiger partial charge is 0.407 e. The molecule has 3 amide bonds. The molecule has 0 saturated carbocycles. The lowest BCUT2D eigenvalue weighted by molar-refractivity contribution is 0.148. The van der Waals surface area contributed by atoms with E-state index in [1.165, 1.54) is 11.6 Å². The number of likely N-dealkylation sites (N-methyl/N-ethyl adjacent to an activating group) is 1. The first kappa shape index (κ1) is 31.8. The highest BCUT2D eigenvalue weighted by atomic mass is 16.5. The van der Waals surface area contributed by atoms with Gasteiger partial charge in [0.05, 0.1) is 17.9 Å². The van der Waals surface area contributed by atoms with E-state index in [1.54, 1.807) is 6.92 Å². The summed E-state index contributed by atoms with van der Waals surface area (Å²) in [5.41, 5.74) is 3.97. The largest absolute Gasteiger partial charge is 0.448 e. The minimum atomic E-state index is -0.431. The molecule has 0 saturated heterocycles. The number of urea groups is 1. The first-order valence-corrected chi connectivity index (χ1v) is 14.2. The van der Waals surface area contributed by atoms with Crippen molar-refractivity contribution in [3.8, 4) is 0 Å². The average Bonchev–Trinajstić information content (AvgIpc) is 2.96. The van der Waals surface area contributed by atoms with Gasteiger partial charge >= 0.3 is 12.1 Å². The molecule has 1 heterocycles. The van der Waals surface area contributed by atoms with E-state index in [0.29, 0.717) is 25.3 Å². The van der Waals surface area contributed by atoms with Crippen LogP contribution in [0.2, 0.25) is 0 Å². The molecular weight excluding hydrogens is 536 g/mol. The van der Waals surface area contributed by atoms with Crippen molar-refractivity contribution in [1.29, 1.82) is 0 Å². The molecule has 3 aromatic rings.